The van der Waals surface area contributed by atoms with E-state index in [-0.39, 0.29) is 11.0 Å². The minimum Gasteiger partial charge on any atom is -0.331 e. The molecule has 6 nitrogen and oxygen atoms in total. The average molecular weight is 346 g/mol. The van der Waals surface area contributed by atoms with Crippen LogP contribution in [-0.2, 0) is 4.79 Å². The number of thiocarbonyl (C=S) groups is 1. The van der Waals surface area contributed by atoms with Crippen LogP contribution in [0.3, 0.4) is 0 Å². The number of amides is 3. The van der Waals surface area contributed by atoms with E-state index < -0.39 is 11.6 Å². The number of nitrogens with zero attached hydrogens (tertiary/aromatic N) is 1. The number of nitrogens with one attached hydrogen (secondary N) is 3. The van der Waals surface area contributed by atoms with Gasteiger partial charge in [0.05, 0.1) is 0 Å². The number of carbonyl (C=O) groups is 2. The van der Waals surface area contributed by atoms with Crippen LogP contribution in [0.2, 0.25) is 0 Å². The second-order valence-corrected chi connectivity index (χ2v) is 7.18. The lowest BCUT2D eigenvalue weighted by Crippen LogP contribution is -2.52. The van der Waals surface area contributed by atoms with Gasteiger partial charge in [-0.25, -0.2) is 4.79 Å². The van der Waals surface area contributed by atoms with Crippen LogP contribution >= 0.6 is 12.2 Å². The first-order chi connectivity index (χ1) is 11.4. The highest BCUT2D eigenvalue weighted by Gasteiger charge is 2.52. The third-order valence-corrected chi connectivity index (χ3v) is 5.01. The Morgan fingerprint density at radius 2 is 1.88 bits per heavy atom. The molecule has 7 heteroatoms. The molecule has 0 bridgehead atoms. The van der Waals surface area contributed by atoms with Gasteiger partial charge in [0.2, 0.25) is 0 Å². The van der Waals surface area contributed by atoms with Crippen molar-refractivity contribution in [3.05, 3.63) is 29.8 Å². The molecule has 0 aromatic heterocycles. The Bertz CT molecular complexity index is 666. The molecule has 1 aliphatic carbocycles. The number of rotatable bonds is 2. The van der Waals surface area contributed by atoms with Crippen molar-refractivity contribution in [2.45, 2.75) is 45.1 Å². The molecule has 3 rings (SSSR count). The molecule has 2 fully saturated rings. The van der Waals surface area contributed by atoms with Gasteiger partial charge in [-0.3, -0.25) is 10.2 Å². The molecule has 3 N–H and O–H groups in total. The number of imide groups is 1. The number of benzene rings is 1. The molecule has 1 aliphatic heterocycles. The van der Waals surface area contributed by atoms with Gasteiger partial charge in [0.15, 0.2) is 5.11 Å². The topological polar surface area (TPSA) is 73.5 Å². The summed E-state index contributed by atoms with van der Waals surface area (Å²) in [5, 5.41) is 7.05. The highest BCUT2D eigenvalue weighted by Crippen LogP contribution is 2.35. The fourth-order valence-corrected chi connectivity index (χ4v) is 3.42. The van der Waals surface area contributed by atoms with Gasteiger partial charge in [-0.1, -0.05) is 24.6 Å². The van der Waals surface area contributed by atoms with E-state index in [9.17, 15) is 9.59 Å². The van der Waals surface area contributed by atoms with Crippen LogP contribution in [0.15, 0.2) is 24.3 Å². The lowest BCUT2D eigenvalue weighted by molar-refractivity contribution is -0.133. The Labute approximate surface area is 146 Å². The van der Waals surface area contributed by atoms with Gasteiger partial charge in [-0.15, -0.1) is 0 Å². The summed E-state index contributed by atoms with van der Waals surface area (Å²) >= 11 is 5.22. The summed E-state index contributed by atoms with van der Waals surface area (Å²) < 4.78 is 0. The number of hydrogen-bond donors (Lipinski definition) is 3. The van der Waals surface area contributed by atoms with Gasteiger partial charge < -0.3 is 10.6 Å². The van der Waals surface area contributed by atoms with Crippen LogP contribution in [0.4, 0.5) is 10.5 Å². The van der Waals surface area contributed by atoms with E-state index in [1.54, 1.807) is 0 Å². The van der Waals surface area contributed by atoms with Gasteiger partial charge in [-0.2, -0.15) is 5.01 Å². The molecule has 1 saturated heterocycles. The van der Waals surface area contributed by atoms with E-state index in [1.807, 2.05) is 31.2 Å². The van der Waals surface area contributed by atoms with Gasteiger partial charge in [0.1, 0.15) is 5.54 Å². The molecule has 0 radical (unpaired) electrons. The molecule has 0 unspecified atom stereocenters. The van der Waals surface area contributed by atoms with Crippen LogP contribution in [0, 0.1) is 12.8 Å². The molecule has 2 aliphatic rings. The third kappa shape index (κ3) is 3.21. The minimum absolute atomic E-state index is 0.212. The molecule has 3 amide bonds. The van der Waals surface area contributed by atoms with E-state index in [1.165, 1.54) is 0 Å². The fraction of sp³-hybridized carbons (Fsp3) is 0.471. The monoisotopic (exact) mass is 346 g/mol. The number of anilines is 1. The quantitative estimate of drug-likeness (QED) is 0.567. The zero-order chi connectivity index (χ0) is 17.3. The van der Waals surface area contributed by atoms with E-state index in [0.29, 0.717) is 18.8 Å². The van der Waals surface area contributed by atoms with E-state index >= 15 is 0 Å². The summed E-state index contributed by atoms with van der Waals surface area (Å²) in [6.07, 6.45) is 3.22. The van der Waals surface area contributed by atoms with Crippen LogP contribution in [0.25, 0.3) is 0 Å². The van der Waals surface area contributed by atoms with Gasteiger partial charge in [-0.05, 0) is 62.9 Å². The zero-order valence-electron chi connectivity index (χ0n) is 13.9. The highest BCUT2D eigenvalue weighted by molar-refractivity contribution is 7.80. The SMILES string of the molecule is Cc1ccc(NC(=S)NN2C(=O)NC3(CCC(C)CC3)C2=O)cc1. The van der Waals surface area contributed by atoms with Crippen molar-refractivity contribution in [1.82, 2.24) is 15.8 Å². The number of urea groups is 1. The largest absolute Gasteiger partial charge is 0.344 e. The van der Waals surface area contributed by atoms with Crippen LogP contribution in [0.5, 0.6) is 0 Å². The molecule has 0 atom stereocenters. The first-order valence-electron chi connectivity index (χ1n) is 8.21. The molecule has 128 valence electrons. The van der Waals surface area contributed by atoms with Crippen LogP contribution in [-0.4, -0.2) is 27.6 Å². The average Bonchev–Trinajstić information content (AvgIpc) is 2.77. The molecule has 1 spiro atoms. The maximum absolute atomic E-state index is 12.7. The summed E-state index contributed by atoms with van der Waals surface area (Å²) in [7, 11) is 0. The lowest BCUT2D eigenvalue weighted by Gasteiger charge is -2.33. The summed E-state index contributed by atoms with van der Waals surface area (Å²) in [4.78, 5) is 24.9. The number of hydrazine groups is 1. The lowest BCUT2D eigenvalue weighted by atomic mass is 9.77. The van der Waals surface area contributed by atoms with E-state index in [0.717, 1.165) is 29.1 Å². The highest BCUT2D eigenvalue weighted by atomic mass is 32.1. The predicted molar refractivity (Wildman–Crippen MR) is 96.3 cm³/mol. The first kappa shape index (κ1) is 16.7. The summed E-state index contributed by atoms with van der Waals surface area (Å²) in [5.74, 6) is 0.346. The van der Waals surface area contributed by atoms with Gasteiger partial charge in [0.25, 0.3) is 5.91 Å². The van der Waals surface area contributed by atoms with Crippen molar-refractivity contribution in [3.8, 4) is 0 Å². The van der Waals surface area contributed by atoms with Crippen molar-refractivity contribution < 1.29 is 9.59 Å². The second kappa shape index (κ2) is 6.39. The molecular weight excluding hydrogens is 324 g/mol. The normalized spacial score (nSPS) is 26.4. The molecule has 1 saturated carbocycles. The van der Waals surface area contributed by atoms with Gasteiger partial charge >= 0.3 is 6.03 Å². The van der Waals surface area contributed by atoms with Crippen molar-refractivity contribution in [2.24, 2.45) is 5.92 Å². The van der Waals surface area contributed by atoms with E-state index in [4.69, 9.17) is 12.2 Å². The standard InChI is InChI=1S/C17H22N4O2S/c1-11-3-5-13(6-4-11)18-15(24)20-21-14(22)17(19-16(21)23)9-7-12(2)8-10-17/h3-6,12H,7-10H2,1-2H3,(H,19,23)(H2,18,20,24). The molecule has 1 heterocycles. The smallest absolute Gasteiger partial charge is 0.331 e. The zero-order valence-corrected chi connectivity index (χ0v) is 14.7. The maximum atomic E-state index is 12.7. The minimum atomic E-state index is -0.768. The van der Waals surface area contributed by atoms with Crippen LogP contribution in [0.1, 0.15) is 38.2 Å². The van der Waals surface area contributed by atoms with Gasteiger partial charge in [0, 0.05) is 5.69 Å². The van der Waals surface area contributed by atoms with Crippen molar-refractivity contribution in [3.63, 3.8) is 0 Å². The first-order valence-corrected chi connectivity index (χ1v) is 8.61. The Balaban J connectivity index is 1.64. The Kier molecular flexibility index (Phi) is 4.45. The Morgan fingerprint density at radius 3 is 2.50 bits per heavy atom. The summed E-state index contributed by atoms with van der Waals surface area (Å²) in [5.41, 5.74) is 3.89. The van der Waals surface area contributed by atoms with Crippen molar-refractivity contribution >= 4 is 35.0 Å². The van der Waals surface area contributed by atoms with Crippen molar-refractivity contribution in [2.75, 3.05) is 5.32 Å². The Morgan fingerprint density at radius 1 is 1.25 bits per heavy atom. The molecule has 24 heavy (non-hydrogen) atoms. The predicted octanol–water partition coefficient (Wildman–Crippen LogP) is 2.70. The summed E-state index contributed by atoms with van der Waals surface area (Å²) in [6.45, 7) is 4.17. The molecule has 1 aromatic carbocycles. The van der Waals surface area contributed by atoms with Crippen molar-refractivity contribution in [1.29, 1.82) is 0 Å². The number of aryl methyl sites for hydroxylation is 1. The maximum Gasteiger partial charge on any atom is 0.344 e. The van der Waals surface area contributed by atoms with Crippen LogP contribution < -0.4 is 16.1 Å². The number of carbonyl (C=O) groups excluding carboxylic acids is 2. The number of hydrogen-bond acceptors (Lipinski definition) is 3. The summed E-state index contributed by atoms with van der Waals surface area (Å²) in [6, 6.07) is 7.24. The Hall–Kier alpha value is -2.15. The molecule has 1 aromatic rings. The fourth-order valence-electron chi connectivity index (χ4n) is 3.21. The van der Waals surface area contributed by atoms with E-state index in [2.05, 4.69) is 23.0 Å². The third-order valence-electron chi connectivity index (χ3n) is 4.81. The second-order valence-electron chi connectivity index (χ2n) is 6.77. The molecular formula is C17H22N4O2S.